The van der Waals surface area contributed by atoms with Crippen molar-refractivity contribution in [3.8, 4) is 0 Å². The first-order chi connectivity index (χ1) is 11.7. The third-order valence-electron chi connectivity index (χ3n) is 4.63. The zero-order valence-electron chi connectivity index (χ0n) is 13.5. The van der Waals surface area contributed by atoms with Gasteiger partial charge in [-0.25, -0.2) is 5.43 Å². The van der Waals surface area contributed by atoms with Gasteiger partial charge in [-0.1, -0.05) is 48.5 Å². The van der Waals surface area contributed by atoms with E-state index in [0.717, 1.165) is 24.1 Å². The van der Waals surface area contributed by atoms with Gasteiger partial charge in [-0.15, -0.1) is 0 Å². The number of rotatable bonds is 3. The number of hydrazone groups is 1. The van der Waals surface area contributed by atoms with E-state index in [1.807, 2.05) is 25.1 Å². The van der Waals surface area contributed by atoms with Gasteiger partial charge in [0.05, 0.1) is 5.71 Å². The van der Waals surface area contributed by atoms with Gasteiger partial charge in [0.15, 0.2) is 0 Å². The van der Waals surface area contributed by atoms with E-state index in [-0.39, 0.29) is 5.91 Å². The molecule has 1 aliphatic rings. The second kappa shape index (κ2) is 5.93. The summed E-state index contributed by atoms with van der Waals surface area (Å²) in [5.74, 6) is -0.194. The van der Waals surface area contributed by atoms with Crippen LogP contribution in [-0.4, -0.2) is 11.6 Å². The molecule has 3 heteroatoms. The van der Waals surface area contributed by atoms with E-state index in [2.05, 4.69) is 40.9 Å². The summed E-state index contributed by atoms with van der Waals surface area (Å²) in [5.41, 5.74) is 7.97. The van der Waals surface area contributed by atoms with Crippen LogP contribution in [-0.2, 0) is 12.8 Å². The molecule has 0 spiro atoms. The summed E-state index contributed by atoms with van der Waals surface area (Å²) in [6.45, 7) is 1.93. The third-order valence-corrected chi connectivity index (χ3v) is 4.63. The van der Waals surface area contributed by atoms with Gasteiger partial charge in [0, 0.05) is 11.1 Å². The Morgan fingerprint density at radius 3 is 2.46 bits per heavy atom. The van der Waals surface area contributed by atoms with Crippen LogP contribution in [0.1, 0.15) is 34.0 Å². The van der Waals surface area contributed by atoms with Crippen LogP contribution in [0.5, 0.6) is 0 Å². The van der Waals surface area contributed by atoms with E-state index in [1.165, 1.54) is 21.9 Å². The molecule has 0 atom stereocenters. The predicted octanol–water partition coefficient (Wildman–Crippen LogP) is 4.09. The number of carbonyl (C=O) groups excluding carboxylic acids is 1. The molecule has 0 fully saturated rings. The van der Waals surface area contributed by atoms with Crippen LogP contribution < -0.4 is 5.43 Å². The maximum Gasteiger partial charge on any atom is 0.271 e. The Labute approximate surface area is 141 Å². The molecule has 0 saturated heterocycles. The lowest BCUT2D eigenvalue weighted by atomic mass is 9.98. The zero-order valence-corrected chi connectivity index (χ0v) is 13.5. The molecule has 118 valence electrons. The maximum atomic E-state index is 12.1. The van der Waals surface area contributed by atoms with E-state index in [1.54, 1.807) is 12.1 Å². The van der Waals surface area contributed by atoms with E-state index in [0.29, 0.717) is 5.56 Å². The summed E-state index contributed by atoms with van der Waals surface area (Å²) in [7, 11) is 0. The predicted molar refractivity (Wildman–Crippen MR) is 97.5 cm³/mol. The molecule has 0 radical (unpaired) electrons. The average Bonchev–Trinajstić information content (AvgIpc) is 3.05. The van der Waals surface area contributed by atoms with Crippen LogP contribution in [0.15, 0.2) is 65.8 Å². The van der Waals surface area contributed by atoms with Gasteiger partial charge in [0.25, 0.3) is 5.91 Å². The van der Waals surface area contributed by atoms with Gasteiger partial charge in [0.2, 0.25) is 0 Å². The molecule has 0 heterocycles. The summed E-state index contributed by atoms with van der Waals surface area (Å²) in [6.07, 6.45) is 2.22. The van der Waals surface area contributed by atoms with Gasteiger partial charge in [-0.3, -0.25) is 4.79 Å². The number of benzene rings is 3. The lowest BCUT2D eigenvalue weighted by molar-refractivity contribution is 0.0955. The van der Waals surface area contributed by atoms with Crippen molar-refractivity contribution < 1.29 is 4.79 Å². The highest BCUT2D eigenvalue weighted by Crippen LogP contribution is 2.32. The molecule has 1 N–H and O–H groups in total. The molecule has 3 nitrogen and oxygen atoms in total. The number of amides is 1. The van der Waals surface area contributed by atoms with Crippen molar-refractivity contribution in [2.75, 3.05) is 0 Å². The van der Waals surface area contributed by atoms with Crippen molar-refractivity contribution >= 4 is 22.4 Å². The van der Waals surface area contributed by atoms with Crippen molar-refractivity contribution in [2.24, 2.45) is 5.10 Å². The summed E-state index contributed by atoms with van der Waals surface area (Å²) < 4.78 is 0. The molecular formula is C21H18N2O. The van der Waals surface area contributed by atoms with Crippen molar-refractivity contribution in [1.82, 2.24) is 5.43 Å². The summed E-state index contributed by atoms with van der Waals surface area (Å²) in [5, 5.41) is 6.90. The van der Waals surface area contributed by atoms with Crippen LogP contribution in [0.25, 0.3) is 10.8 Å². The van der Waals surface area contributed by atoms with Crippen molar-refractivity contribution in [3.63, 3.8) is 0 Å². The minimum Gasteiger partial charge on any atom is -0.267 e. The van der Waals surface area contributed by atoms with Crippen LogP contribution >= 0.6 is 0 Å². The van der Waals surface area contributed by atoms with Crippen molar-refractivity contribution in [2.45, 2.75) is 19.8 Å². The smallest absolute Gasteiger partial charge is 0.267 e. The van der Waals surface area contributed by atoms with Crippen LogP contribution in [0, 0.1) is 0 Å². The zero-order chi connectivity index (χ0) is 16.5. The molecule has 3 aromatic carbocycles. The molecule has 0 bridgehead atoms. The second-order valence-corrected chi connectivity index (χ2v) is 6.12. The second-order valence-electron chi connectivity index (χ2n) is 6.12. The van der Waals surface area contributed by atoms with Crippen LogP contribution in [0.4, 0.5) is 0 Å². The number of hydrogen-bond acceptors (Lipinski definition) is 2. The molecule has 24 heavy (non-hydrogen) atoms. The van der Waals surface area contributed by atoms with Crippen LogP contribution in [0.2, 0.25) is 0 Å². The monoisotopic (exact) mass is 314 g/mol. The summed E-state index contributed by atoms with van der Waals surface area (Å²) >= 11 is 0. The lowest BCUT2D eigenvalue weighted by Gasteiger charge is -2.09. The lowest BCUT2D eigenvalue weighted by Crippen LogP contribution is -2.19. The normalized spacial score (nSPS) is 13.3. The van der Waals surface area contributed by atoms with Crippen molar-refractivity contribution in [1.29, 1.82) is 0 Å². The minimum atomic E-state index is -0.194. The first kappa shape index (κ1) is 14.6. The van der Waals surface area contributed by atoms with Gasteiger partial charge >= 0.3 is 0 Å². The summed E-state index contributed by atoms with van der Waals surface area (Å²) in [4.78, 5) is 12.1. The fraction of sp³-hybridized carbons (Fsp3) is 0.143. The summed E-state index contributed by atoms with van der Waals surface area (Å²) in [6, 6.07) is 19.9. The number of aryl methyl sites for hydroxylation is 2. The fourth-order valence-electron chi connectivity index (χ4n) is 3.41. The molecule has 1 aliphatic carbocycles. The van der Waals surface area contributed by atoms with E-state index in [4.69, 9.17) is 0 Å². The molecular weight excluding hydrogens is 296 g/mol. The maximum absolute atomic E-state index is 12.1. The largest absolute Gasteiger partial charge is 0.271 e. The SMILES string of the molecule is CC(=NNC(=O)c1ccccc1)c1ccc2c3c(cccc13)CC2. The highest BCUT2D eigenvalue weighted by molar-refractivity contribution is 6.11. The molecule has 3 aromatic rings. The number of hydrogen-bond donors (Lipinski definition) is 1. The standard InChI is InChI=1S/C21H18N2O/c1-14(22-23-21(24)17-6-3-2-4-7-17)18-13-12-16-11-10-15-8-5-9-19(18)20(15)16/h2-9,12-13H,10-11H2,1H3,(H,23,24). The van der Waals surface area contributed by atoms with E-state index < -0.39 is 0 Å². The highest BCUT2D eigenvalue weighted by atomic mass is 16.2. The average molecular weight is 314 g/mol. The van der Waals surface area contributed by atoms with Gasteiger partial charge in [-0.2, -0.15) is 5.10 Å². The third kappa shape index (κ3) is 2.48. The van der Waals surface area contributed by atoms with Gasteiger partial charge in [0.1, 0.15) is 0 Å². The minimum absolute atomic E-state index is 0.194. The Balaban J connectivity index is 1.67. The Hall–Kier alpha value is -2.94. The number of carbonyl (C=O) groups is 1. The molecule has 0 unspecified atom stereocenters. The fourth-order valence-corrected chi connectivity index (χ4v) is 3.41. The molecule has 4 rings (SSSR count). The molecule has 0 aromatic heterocycles. The number of nitrogens with one attached hydrogen (secondary N) is 1. The van der Waals surface area contributed by atoms with E-state index >= 15 is 0 Å². The molecule has 0 saturated carbocycles. The quantitative estimate of drug-likeness (QED) is 0.574. The Morgan fingerprint density at radius 2 is 1.67 bits per heavy atom. The Kier molecular flexibility index (Phi) is 3.62. The van der Waals surface area contributed by atoms with Gasteiger partial charge in [-0.05, 0) is 53.8 Å². The number of nitrogens with zero attached hydrogens (tertiary/aromatic N) is 1. The first-order valence-corrected chi connectivity index (χ1v) is 8.17. The first-order valence-electron chi connectivity index (χ1n) is 8.17. The topological polar surface area (TPSA) is 41.5 Å². The highest BCUT2D eigenvalue weighted by Gasteiger charge is 2.16. The van der Waals surface area contributed by atoms with E-state index in [9.17, 15) is 4.79 Å². The van der Waals surface area contributed by atoms with Crippen LogP contribution in [0.3, 0.4) is 0 Å². The molecule has 0 aliphatic heterocycles. The molecule has 1 amide bonds. The van der Waals surface area contributed by atoms with Crippen molar-refractivity contribution in [3.05, 3.63) is 82.9 Å². The Morgan fingerprint density at radius 1 is 0.917 bits per heavy atom. The van der Waals surface area contributed by atoms with Gasteiger partial charge < -0.3 is 0 Å². The Bertz CT molecular complexity index is 948.